The third kappa shape index (κ3) is 6.57. The molecule has 0 saturated heterocycles. The molecule has 0 aliphatic carbocycles. The molecule has 0 radical (unpaired) electrons. The van der Waals surface area contributed by atoms with Crippen LogP contribution in [0, 0.1) is 0 Å². The number of rotatable bonds is 8. The van der Waals surface area contributed by atoms with Crippen LogP contribution in [-0.2, 0) is 0 Å². The van der Waals surface area contributed by atoms with Crippen LogP contribution in [0.2, 0.25) is 0 Å². The number of nitrogens with one attached hydrogen (secondary N) is 2. The van der Waals surface area contributed by atoms with E-state index in [9.17, 15) is 9.59 Å². The molecule has 2 aromatic rings. The minimum Gasteiger partial charge on any atom is -0.494 e. The maximum Gasteiger partial charge on any atom is 0.257 e. The highest BCUT2D eigenvalue weighted by Crippen LogP contribution is 2.14. The molecule has 2 N–H and O–H groups in total. The Balaban J connectivity index is 1.95. The summed E-state index contributed by atoms with van der Waals surface area (Å²) < 4.78 is 5.55. The Morgan fingerprint density at radius 1 is 1.00 bits per heavy atom. The molecule has 0 heterocycles. The van der Waals surface area contributed by atoms with Gasteiger partial charge in [0, 0.05) is 29.9 Å². The first-order chi connectivity index (χ1) is 14.0. The zero-order chi connectivity index (χ0) is 21.2. The van der Waals surface area contributed by atoms with E-state index in [4.69, 9.17) is 17.0 Å². The summed E-state index contributed by atoms with van der Waals surface area (Å²) in [6.45, 7) is 7.84. The number of amides is 2. The minimum atomic E-state index is -0.322. The fraction of sp³-hybridized carbons (Fsp3) is 0.318. The summed E-state index contributed by atoms with van der Waals surface area (Å²) in [5.41, 5.74) is 1.76. The predicted molar refractivity (Wildman–Crippen MR) is 120 cm³/mol. The van der Waals surface area contributed by atoms with Gasteiger partial charge in [-0.15, -0.1) is 0 Å². The van der Waals surface area contributed by atoms with Crippen molar-refractivity contribution >= 4 is 34.8 Å². The Kier molecular flexibility index (Phi) is 8.61. The van der Waals surface area contributed by atoms with Crippen LogP contribution in [0.15, 0.2) is 48.5 Å². The van der Waals surface area contributed by atoms with E-state index in [-0.39, 0.29) is 16.9 Å². The van der Waals surface area contributed by atoms with Crippen molar-refractivity contribution in [3.05, 3.63) is 59.7 Å². The molecule has 0 fully saturated rings. The highest BCUT2D eigenvalue weighted by Gasteiger charge is 2.13. The average molecular weight is 414 g/mol. The van der Waals surface area contributed by atoms with Gasteiger partial charge in [0.05, 0.1) is 6.61 Å². The second-order valence-electron chi connectivity index (χ2n) is 6.34. The van der Waals surface area contributed by atoms with Crippen LogP contribution in [0.4, 0.5) is 5.69 Å². The summed E-state index contributed by atoms with van der Waals surface area (Å²) in [7, 11) is 0. The molecule has 2 rings (SSSR count). The number of hydrogen-bond acceptors (Lipinski definition) is 4. The van der Waals surface area contributed by atoms with Gasteiger partial charge >= 0.3 is 0 Å². The van der Waals surface area contributed by atoms with Crippen molar-refractivity contribution in [1.82, 2.24) is 10.2 Å². The normalized spacial score (nSPS) is 10.2. The van der Waals surface area contributed by atoms with Crippen LogP contribution in [-0.4, -0.2) is 41.5 Å². The second kappa shape index (κ2) is 11.2. The number of ether oxygens (including phenoxy) is 1. The molecule has 0 aliphatic rings. The fourth-order valence-electron chi connectivity index (χ4n) is 2.67. The lowest BCUT2D eigenvalue weighted by Gasteiger charge is -2.18. The Bertz CT molecular complexity index is 849. The zero-order valence-electron chi connectivity index (χ0n) is 17.0. The standard InChI is InChI=1S/C22H27N3O3S/c1-4-14-28-19-9-7-8-17(15-19)20(26)24-22(29)23-18-12-10-16(11-13-18)21(27)25(5-2)6-3/h7-13,15H,4-6,14H2,1-3H3,(H2,23,24,26,29). The molecular weight excluding hydrogens is 386 g/mol. The maximum absolute atomic E-state index is 12.4. The van der Waals surface area contributed by atoms with Gasteiger partial charge in [-0.05, 0) is 75.0 Å². The lowest BCUT2D eigenvalue weighted by Crippen LogP contribution is -2.34. The fourth-order valence-corrected chi connectivity index (χ4v) is 2.88. The topological polar surface area (TPSA) is 70.7 Å². The molecule has 0 aromatic heterocycles. The Hall–Kier alpha value is -2.93. The van der Waals surface area contributed by atoms with Gasteiger partial charge in [-0.3, -0.25) is 14.9 Å². The van der Waals surface area contributed by atoms with Crippen LogP contribution >= 0.6 is 12.2 Å². The molecule has 2 aromatic carbocycles. The highest BCUT2D eigenvalue weighted by atomic mass is 32.1. The Labute approximate surface area is 177 Å². The number of carbonyl (C=O) groups is 2. The third-order valence-electron chi connectivity index (χ3n) is 4.24. The van der Waals surface area contributed by atoms with Crippen molar-refractivity contribution in [2.24, 2.45) is 0 Å². The van der Waals surface area contributed by atoms with Gasteiger partial charge in [0.25, 0.3) is 11.8 Å². The lowest BCUT2D eigenvalue weighted by molar-refractivity contribution is 0.0772. The summed E-state index contributed by atoms with van der Waals surface area (Å²) in [6, 6.07) is 13.9. The number of anilines is 1. The van der Waals surface area contributed by atoms with E-state index >= 15 is 0 Å². The number of nitrogens with zero attached hydrogens (tertiary/aromatic N) is 1. The number of thiocarbonyl (C=S) groups is 1. The molecule has 6 nitrogen and oxygen atoms in total. The molecule has 2 amide bonds. The van der Waals surface area contributed by atoms with E-state index in [0.29, 0.717) is 42.3 Å². The smallest absolute Gasteiger partial charge is 0.257 e. The number of carbonyl (C=O) groups excluding carboxylic acids is 2. The second-order valence-corrected chi connectivity index (χ2v) is 6.75. The number of hydrogen-bond donors (Lipinski definition) is 2. The van der Waals surface area contributed by atoms with Crippen molar-refractivity contribution in [2.75, 3.05) is 25.0 Å². The van der Waals surface area contributed by atoms with Crippen LogP contribution < -0.4 is 15.4 Å². The van der Waals surface area contributed by atoms with E-state index < -0.39 is 0 Å². The third-order valence-corrected chi connectivity index (χ3v) is 4.44. The summed E-state index contributed by atoms with van der Waals surface area (Å²) in [5, 5.41) is 5.79. The first kappa shape index (κ1) is 22.4. The van der Waals surface area contributed by atoms with E-state index in [1.54, 1.807) is 47.4 Å². The maximum atomic E-state index is 12.4. The van der Waals surface area contributed by atoms with E-state index in [2.05, 4.69) is 10.6 Å². The van der Waals surface area contributed by atoms with Crippen LogP contribution in [0.1, 0.15) is 47.9 Å². The molecule has 154 valence electrons. The van der Waals surface area contributed by atoms with Gasteiger partial charge in [-0.1, -0.05) is 13.0 Å². The van der Waals surface area contributed by atoms with Crippen LogP contribution in [0.25, 0.3) is 0 Å². The Morgan fingerprint density at radius 3 is 2.31 bits per heavy atom. The van der Waals surface area contributed by atoms with E-state index in [1.165, 1.54) is 0 Å². The zero-order valence-corrected chi connectivity index (χ0v) is 17.8. The Morgan fingerprint density at radius 2 is 1.69 bits per heavy atom. The molecule has 0 spiro atoms. The van der Waals surface area contributed by atoms with Gasteiger partial charge in [-0.25, -0.2) is 0 Å². The SMILES string of the molecule is CCCOc1cccc(C(=O)NC(=S)Nc2ccc(C(=O)N(CC)CC)cc2)c1. The van der Waals surface area contributed by atoms with Crippen LogP contribution in [0.3, 0.4) is 0 Å². The minimum absolute atomic E-state index is 0.0115. The quantitative estimate of drug-likeness (QED) is 0.638. The summed E-state index contributed by atoms with van der Waals surface area (Å²) in [4.78, 5) is 26.5. The average Bonchev–Trinajstić information content (AvgIpc) is 2.73. The molecule has 0 bridgehead atoms. The predicted octanol–water partition coefficient (Wildman–Crippen LogP) is 4.08. The van der Waals surface area contributed by atoms with Crippen molar-refractivity contribution in [1.29, 1.82) is 0 Å². The first-order valence-electron chi connectivity index (χ1n) is 9.73. The van der Waals surface area contributed by atoms with Gasteiger partial charge in [0.2, 0.25) is 0 Å². The molecule has 0 aliphatic heterocycles. The molecule has 29 heavy (non-hydrogen) atoms. The number of benzene rings is 2. The van der Waals surface area contributed by atoms with Gasteiger partial charge in [0.15, 0.2) is 5.11 Å². The molecule has 0 unspecified atom stereocenters. The summed E-state index contributed by atoms with van der Waals surface area (Å²) in [5.74, 6) is 0.312. The molecule has 0 atom stereocenters. The van der Waals surface area contributed by atoms with E-state index in [0.717, 1.165) is 6.42 Å². The molecule has 7 heteroatoms. The van der Waals surface area contributed by atoms with Crippen molar-refractivity contribution < 1.29 is 14.3 Å². The van der Waals surface area contributed by atoms with Crippen molar-refractivity contribution in [3.8, 4) is 5.75 Å². The van der Waals surface area contributed by atoms with E-state index in [1.807, 2.05) is 26.8 Å². The van der Waals surface area contributed by atoms with Crippen molar-refractivity contribution in [3.63, 3.8) is 0 Å². The first-order valence-corrected chi connectivity index (χ1v) is 10.1. The highest BCUT2D eigenvalue weighted by molar-refractivity contribution is 7.80. The van der Waals surface area contributed by atoms with Gasteiger partial charge < -0.3 is 15.0 Å². The monoisotopic (exact) mass is 413 g/mol. The van der Waals surface area contributed by atoms with Crippen molar-refractivity contribution in [2.45, 2.75) is 27.2 Å². The van der Waals surface area contributed by atoms with Gasteiger partial charge in [0.1, 0.15) is 5.75 Å². The summed E-state index contributed by atoms with van der Waals surface area (Å²) in [6.07, 6.45) is 0.893. The molecule has 0 saturated carbocycles. The summed E-state index contributed by atoms with van der Waals surface area (Å²) >= 11 is 5.23. The largest absolute Gasteiger partial charge is 0.494 e. The van der Waals surface area contributed by atoms with Gasteiger partial charge in [-0.2, -0.15) is 0 Å². The molecular formula is C22H27N3O3S. The van der Waals surface area contributed by atoms with Crippen LogP contribution in [0.5, 0.6) is 5.75 Å². The lowest BCUT2D eigenvalue weighted by atomic mass is 10.2.